The summed E-state index contributed by atoms with van der Waals surface area (Å²) in [5.41, 5.74) is 1.49. The normalized spacial score (nSPS) is 10.7. The molecule has 118 valence electrons. The molecule has 23 heavy (non-hydrogen) atoms. The molecule has 1 amide bonds. The van der Waals surface area contributed by atoms with Crippen molar-refractivity contribution in [2.24, 2.45) is 0 Å². The number of nitrogens with one attached hydrogen (secondary N) is 1. The number of carbonyl (C=O) groups excluding carboxylic acids is 1. The number of amides is 1. The molecule has 3 rings (SSSR count). The molecule has 0 aliphatic rings. The maximum atomic E-state index is 12.1. The number of thioether (sulfide) groups is 1. The summed E-state index contributed by atoms with van der Waals surface area (Å²) >= 11 is 2.99. The summed E-state index contributed by atoms with van der Waals surface area (Å²) in [7, 11) is 0. The molecule has 0 unspecified atom stereocenters. The van der Waals surface area contributed by atoms with Crippen molar-refractivity contribution in [3.8, 4) is 0 Å². The Morgan fingerprint density at radius 2 is 2.04 bits per heavy atom. The zero-order valence-electron chi connectivity index (χ0n) is 12.6. The SMILES string of the molecule is Cc1csc(NC(=O)c2ccc(SCc3nc(C)no3)cc2)n1. The standard InChI is InChI=1S/C15H14N4O2S2/c1-9-7-23-15(16-9)18-14(20)11-3-5-12(6-4-11)22-8-13-17-10(2)19-21-13/h3-7H,8H2,1-2H3,(H,16,18,20). The van der Waals surface area contributed by atoms with E-state index >= 15 is 0 Å². The zero-order chi connectivity index (χ0) is 16.2. The van der Waals surface area contributed by atoms with Crippen LogP contribution in [0.15, 0.2) is 39.1 Å². The van der Waals surface area contributed by atoms with E-state index in [-0.39, 0.29) is 5.91 Å². The number of aromatic nitrogens is 3. The van der Waals surface area contributed by atoms with Gasteiger partial charge in [0.1, 0.15) is 0 Å². The number of nitrogens with zero attached hydrogens (tertiary/aromatic N) is 3. The Morgan fingerprint density at radius 1 is 1.26 bits per heavy atom. The summed E-state index contributed by atoms with van der Waals surface area (Å²) in [6.07, 6.45) is 0. The molecule has 1 aromatic carbocycles. The molecule has 0 aliphatic carbocycles. The molecule has 6 nitrogen and oxygen atoms in total. The van der Waals surface area contributed by atoms with Gasteiger partial charge in [-0.3, -0.25) is 10.1 Å². The van der Waals surface area contributed by atoms with Crippen molar-refractivity contribution in [2.45, 2.75) is 24.5 Å². The van der Waals surface area contributed by atoms with E-state index in [0.717, 1.165) is 10.6 Å². The van der Waals surface area contributed by atoms with Crippen molar-refractivity contribution in [3.63, 3.8) is 0 Å². The first-order chi connectivity index (χ1) is 11.1. The first-order valence-electron chi connectivity index (χ1n) is 6.86. The van der Waals surface area contributed by atoms with Gasteiger partial charge in [0.25, 0.3) is 5.91 Å². The highest BCUT2D eigenvalue weighted by molar-refractivity contribution is 7.98. The molecule has 8 heteroatoms. The summed E-state index contributed by atoms with van der Waals surface area (Å²) in [5.74, 6) is 1.66. The first kappa shape index (κ1) is 15.7. The Balaban J connectivity index is 1.58. The molecule has 0 radical (unpaired) electrons. The predicted octanol–water partition coefficient (Wildman–Crippen LogP) is 3.69. The van der Waals surface area contributed by atoms with Crippen LogP contribution in [-0.4, -0.2) is 21.0 Å². The van der Waals surface area contributed by atoms with Crippen molar-refractivity contribution < 1.29 is 9.32 Å². The number of thiazole rings is 1. The van der Waals surface area contributed by atoms with E-state index in [0.29, 0.717) is 28.2 Å². The second kappa shape index (κ2) is 6.93. The molecule has 1 N–H and O–H groups in total. The molecule has 3 aromatic rings. The van der Waals surface area contributed by atoms with Crippen molar-refractivity contribution in [1.29, 1.82) is 0 Å². The van der Waals surface area contributed by atoms with E-state index in [9.17, 15) is 4.79 Å². The largest absolute Gasteiger partial charge is 0.338 e. The van der Waals surface area contributed by atoms with Crippen LogP contribution in [-0.2, 0) is 5.75 Å². The highest BCUT2D eigenvalue weighted by atomic mass is 32.2. The van der Waals surface area contributed by atoms with Crippen LogP contribution in [0, 0.1) is 13.8 Å². The Hall–Kier alpha value is -2.19. The second-order valence-corrected chi connectivity index (χ2v) is 6.70. The van der Waals surface area contributed by atoms with Crippen LogP contribution in [0.5, 0.6) is 0 Å². The second-order valence-electron chi connectivity index (χ2n) is 4.80. The van der Waals surface area contributed by atoms with Crippen LogP contribution >= 0.6 is 23.1 Å². The fraction of sp³-hybridized carbons (Fsp3) is 0.200. The molecule has 2 heterocycles. The Morgan fingerprint density at radius 3 is 2.65 bits per heavy atom. The van der Waals surface area contributed by atoms with Crippen LogP contribution in [0.3, 0.4) is 0 Å². The summed E-state index contributed by atoms with van der Waals surface area (Å²) in [6, 6.07) is 7.38. The Labute approximate surface area is 141 Å². The minimum absolute atomic E-state index is 0.163. The third-order valence-corrected chi connectivity index (χ3v) is 4.76. The molecule has 0 spiro atoms. The highest BCUT2D eigenvalue weighted by Gasteiger charge is 2.09. The summed E-state index contributed by atoms with van der Waals surface area (Å²) in [5, 5.41) is 9.04. The average molecular weight is 346 g/mol. The van der Waals surface area contributed by atoms with Gasteiger partial charge in [-0.25, -0.2) is 4.98 Å². The molecule has 0 saturated heterocycles. The predicted molar refractivity (Wildman–Crippen MR) is 89.8 cm³/mol. The monoisotopic (exact) mass is 346 g/mol. The van der Waals surface area contributed by atoms with E-state index in [1.807, 2.05) is 24.4 Å². The summed E-state index contributed by atoms with van der Waals surface area (Å²) in [6.45, 7) is 3.68. The molecule has 0 aliphatic heterocycles. The van der Waals surface area contributed by atoms with E-state index < -0.39 is 0 Å². The van der Waals surface area contributed by atoms with Gasteiger partial charge >= 0.3 is 0 Å². The van der Waals surface area contributed by atoms with Crippen LogP contribution in [0.1, 0.15) is 27.8 Å². The van der Waals surface area contributed by atoms with Gasteiger partial charge in [0, 0.05) is 15.8 Å². The minimum atomic E-state index is -0.163. The van der Waals surface area contributed by atoms with Crippen LogP contribution < -0.4 is 5.32 Å². The number of anilines is 1. The molecular formula is C15H14N4O2S2. The average Bonchev–Trinajstić information content (AvgIpc) is 3.14. The molecule has 0 fully saturated rings. The lowest BCUT2D eigenvalue weighted by Gasteiger charge is -2.03. The van der Waals surface area contributed by atoms with Crippen molar-refractivity contribution in [3.05, 3.63) is 52.6 Å². The maximum absolute atomic E-state index is 12.1. The third-order valence-electron chi connectivity index (χ3n) is 2.89. The van der Waals surface area contributed by atoms with Gasteiger partial charge in [0.2, 0.25) is 5.89 Å². The van der Waals surface area contributed by atoms with Crippen molar-refractivity contribution in [2.75, 3.05) is 5.32 Å². The number of hydrogen-bond donors (Lipinski definition) is 1. The minimum Gasteiger partial charge on any atom is -0.338 e. The number of carbonyl (C=O) groups is 1. The van der Waals surface area contributed by atoms with Crippen LogP contribution in [0.4, 0.5) is 5.13 Å². The van der Waals surface area contributed by atoms with E-state index in [1.165, 1.54) is 11.3 Å². The Kier molecular flexibility index (Phi) is 4.73. The van der Waals surface area contributed by atoms with E-state index in [2.05, 4.69) is 20.4 Å². The third kappa shape index (κ3) is 4.17. The van der Waals surface area contributed by atoms with Gasteiger partial charge < -0.3 is 4.52 Å². The fourth-order valence-electron chi connectivity index (χ4n) is 1.83. The van der Waals surface area contributed by atoms with Gasteiger partial charge in [-0.15, -0.1) is 23.1 Å². The number of aryl methyl sites for hydroxylation is 2. The van der Waals surface area contributed by atoms with E-state index in [4.69, 9.17) is 4.52 Å². The Bertz CT molecular complexity index is 811. The van der Waals surface area contributed by atoms with Crippen LogP contribution in [0.25, 0.3) is 0 Å². The topological polar surface area (TPSA) is 80.9 Å². The van der Waals surface area contributed by atoms with Gasteiger partial charge in [0.05, 0.1) is 11.4 Å². The number of hydrogen-bond acceptors (Lipinski definition) is 7. The number of benzene rings is 1. The number of rotatable bonds is 5. The fourth-order valence-corrected chi connectivity index (χ4v) is 3.25. The maximum Gasteiger partial charge on any atom is 0.257 e. The molecular weight excluding hydrogens is 332 g/mol. The van der Waals surface area contributed by atoms with Crippen molar-refractivity contribution >= 4 is 34.1 Å². The molecule has 0 bridgehead atoms. The molecule has 2 aromatic heterocycles. The molecule has 0 atom stereocenters. The lowest BCUT2D eigenvalue weighted by molar-refractivity contribution is 0.102. The quantitative estimate of drug-likeness (QED) is 0.710. The molecule has 0 saturated carbocycles. The lowest BCUT2D eigenvalue weighted by atomic mass is 10.2. The highest BCUT2D eigenvalue weighted by Crippen LogP contribution is 2.23. The van der Waals surface area contributed by atoms with Crippen molar-refractivity contribution in [1.82, 2.24) is 15.1 Å². The first-order valence-corrected chi connectivity index (χ1v) is 8.72. The summed E-state index contributed by atoms with van der Waals surface area (Å²) < 4.78 is 5.06. The van der Waals surface area contributed by atoms with E-state index in [1.54, 1.807) is 30.8 Å². The van der Waals surface area contributed by atoms with Crippen LogP contribution in [0.2, 0.25) is 0 Å². The van der Waals surface area contributed by atoms with Gasteiger partial charge in [-0.05, 0) is 38.1 Å². The lowest BCUT2D eigenvalue weighted by Crippen LogP contribution is -2.11. The van der Waals surface area contributed by atoms with Gasteiger partial charge in [-0.2, -0.15) is 4.98 Å². The van der Waals surface area contributed by atoms with Gasteiger partial charge in [-0.1, -0.05) is 5.16 Å². The van der Waals surface area contributed by atoms with Gasteiger partial charge in [0.15, 0.2) is 11.0 Å². The smallest absolute Gasteiger partial charge is 0.257 e. The zero-order valence-corrected chi connectivity index (χ0v) is 14.2. The summed E-state index contributed by atoms with van der Waals surface area (Å²) in [4.78, 5) is 21.5.